The average molecular weight is 266 g/mol. The van der Waals surface area contributed by atoms with Gasteiger partial charge in [0.2, 0.25) is 0 Å². The van der Waals surface area contributed by atoms with Crippen LogP contribution in [0.2, 0.25) is 0 Å². The lowest BCUT2D eigenvalue weighted by Gasteiger charge is -2.08. The number of alkyl halides is 2. The molecule has 1 aromatic heterocycles. The van der Waals surface area contributed by atoms with E-state index in [1.807, 2.05) is 0 Å². The SMILES string of the molecule is O=[N+]([O-])c1ncc([C@@H]2O[C@H](CCl)[C@@H](O)[C@@H]2F)[nH]1. The molecule has 4 atom stereocenters. The monoisotopic (exact) mass is 265 g/mol. The van der Waals surface area contributed by atoms with Gasteiger partial charge in [-0.1, -0.05) is 4.98 Å². The number of nitrogens with one attached hydrogen (secondary N) is 1. The molecule has 0 amide bonds. The number of hydrogen-bond acceptors (Lipinski definition) is 5. The summed E-state index contributed by atoms with van der Waals surface area (Å²) in [5.74, 6) is -0.562. The fraction of sp³-hybridized carbons (Fsp3) is 0.625. The maximum Gasteiger partial charge on any atom is 0.432 e. The molecule has 0 saturated carbocycles. The largest absolute Gasteiger partial charge is 0.432 e. The molecule has 17 heavy (non-hydrogen) atoms. The van der Waals surface area contributed by atoms with E-state index in [9.17, 15) is 19.6 Å². The number of halogens is 2. The van der Waals surface area contributed by atoms with Crippen LogP contribution in [0, 0.1) is 10.1 Å². The van der Waals surface area contributed by atoms with Crippen molar-refractivity contribution in [3.8, 4) is 0 Å². The Morgan fingerprint density at radius 3 is 2.94 bits per heavy atom. The Balaban J connectivity index is 2.19. The van der Waals surface area contributed by atoms with Gasteiger partial charge >= 0.3 is 5.95 Å². The molecule has 2 heterocycles. The second-order valence-electron chi connectivity index (χ2n) is 3.60. The van der Waals surface area contributed by atoms with Gasteiger partial charge in [-0.05, 0) is 4.92 Å². The van der Waals surface area contributed by atoms with Crippen LogP contribution in [-0.2, 0) is 4.74 Å². The van der Waals surface area contributed by atoms with E-state index >= 15 is 0 Å². The first-order chi connectivity index (χ1) is 8.04. The van der Waals surface area contributed by atoms with E-state index in [0.29, 0.717) is 0 Å². The van der Waals surface area contributed by atoms with Gasteiger partial charge in [0, 0.05) is 0 Å². The first kappa shape index (κ1) is 12.2. The van der Waals surface area contributed by atoms with Crippen LogP contribution in [0.25, 0.3) is 0 Å². The summed E-state index contributed by atoms with van der Waals surface area (Å²) >= 11 is 5.49. The van der Waals surface area contributed by atoms with Crippen LogP contribution in [-0.4, -0.2) is 44.3 Å². The standard InChI is InChI=1S/C8H9ClFN3O4/c9-1-4-6(14)5(10)7(17-4)3-2-11-8(12-3)13(15)16/h2,4-7,14H,1H2,(H,11,12)/t4-,5+,6-,7+/m1/s1. The molecular weight excluding hydrogens is 257 g/mol. The van der Waals surface area contributed by atoms with E-state index in [4.69, 9.17) is 16.3 Å². The number of aromatic nitrogens is 2. The van der Waals surface area contributed by atoms with Gasteiger partial charge in [0.1, 0.15) is 30.2 Å². The minimum atomic E-state index is -1.70. The first-order valence-electron chi connectivity index (χ1n) is 4.77. The van der Waals surface area contributed by atoms with Crippen molar-refractivity contribution in [2.75, 3.05) is 5.88 Å². The van der Waals surface area contributed by atoms with Crippen molar-refractivity contribution >= 4 is 17.5 Å². The van der Waals surface area contributed by atoms with E-state index in [1.165, 1.54) is 0 Å². The molecule has 0 bridgehead atoms. The van der Waals surface area contributed by atoms with Crippen molar-refractivity contribution in [2.24, 2.45) is 0 Å². The predicted octanol–water partition coefficient (Wildman–Crippen LogP) is 0.696. The number of hydrogen-bond donors (Lipinski definition) is 2. The van der Waals surface area contributed by atoms with Crippen molar-refractivity contribution in [3.63, 3.8) is 0 Å². The molecule has 7 nitrogen and oxygen atoms in total. The lowest BCUT2D eigenvalue weighted by Crippen LogP contribution is -2.28. The molecule has 1 saturated heterocycles. The lowest BCUT2D eigenvalue weighted by molar-refractivity contribution is -0.393. The summed E-state index contributed by atoms with van der Waals surface area (Å²) in [5, 5.41) is 19.9. The first-order valence-corrected chi connectivity index (χ1v) is 5.31. The van der Waals surface area contributed by atoms with Crippen LogP contribution >= 0.6 is 11.6 Å². The van der Waals surface area contributed by atoms with Gasteiger partial charge in [0.25, 0.3) is 0 Å². The van der Waals surface area contributed by atoms with Crippen LogP contribution in [0.1, 0.15) is 11.8 Å². The predicted molar refractivity (Wildman–Crippen MR) is 54.5 cm³/mol. The molecule has 0 aliphatic carbocycles. The maximum atomic E-state index is 13.7. The van der Waals surface area contributed by atoms with Gasteiger partial charge in [0.05, 0.1) is 5.88 Å². The summed E-state index contributed by atoms with van der Waals surface area (Å²) in [4.78, 5) is 15.4. The fourth-order valence-electron chi connectivity index (χ4n) is 1.66. The van der Waals surface area contributed by atoms with Crippen molar-refractivity contribution < 1.29 is 19.2 Å². The highest BCUT2D eigenvalue weighted by molar-refractivity contribution is 6.18. The van der Waals surface area contributed by atoms with Crippen LogP contribution < -0.4 is 0 Å². The second-order valence-corrected chi connectivity index (χ2v) is 3.91. The summed E-state index contributed by atoms with van der Waals surface area (Å²) in [6.45, 7) is 0. The van der Waals surface area contributed by atoms with Crippen molar-refractivity contribution in [3.05, 3.63) is 22.0 Å². The van der Waals surface area contributed by atoms with E-state index in [-0.39, 0.29) is 11.6 Å². The van der Waals surface area contributed by atoms with E-state index in [0.717, 1.165) is 6.20 Å². The highest BCUT2D eigenvalue weighted by Crippen LogP contribution is 2.35. The summed E-state index contributed by atoms with van der Waals surface area (Å²) in [6.07, 6.45) is -3.88. The molecule has 9 heteroatoms. The molecule has 2 N–H and O–H groups in total. The van der Waals surface area contributed by atoms with E-state index in [2.05, 4.69) is 9.97 Å². The van der Waals surface area contributed by atoms with Crippen molar-refractivity contribution in [1.82, 2.24) is 9.97 Å². The zero-order chi connectivity index (χ0) is 12.6. The number of imidazole rings is 1. The third-order valence-corrected chi connectivity index (χ3v) is 2.84. The minimum Gasteiger partial charge on any atom is -0.390 e. The Bertz CT molecular complexity index is 429. The lowest BCUT2D eigenvalue weighted by atomic mass is 10.1. The van der Waals surface area contributed by atoms with Crippen molar-refractivity contribution in [2.45, 2.75) is 24.5 Å². The number of aliphatic hydroxyl groups is 1. The third kappa shape index (κ3) is 2.11. The van der Waals surface area contributed by atoms with Gasteiger partial charge in [-0.3, -0.25) is 0 Å². The van der Waals surface area contributed by atoms with Crippen LogP contribution in [0.3, 0.4) is 0 Å². The van der Waals surface area contributed by atoms with E-state index < -0.39 is 35.4 Å². The topological polar surface area (TPSA) is 101 Å². The summed E-state index contributed by atoms with van der Waals surface area (Å²) in [6, 6.07) is 0. The molecule has 0 spiro atoms. The van der Waals surface area contributed by atoms with Crippen LogP contribution in [0.15, 0.2) is 6.20 Å². The Kier molecular flexibility index (Phi) is 3.27. The fourth-order valence-corrected chi connectivity index (χ4v) is 1.92. The molecule has 1 aliphatic heterocycles. The molecule has 2 rings (SSSR count). The van der Waals surface area contributed by atoms with Crippen LogP contribution in [0.4, 0.5) is 10.3 Å². The number of aromatic amines is 1. The smallest absolute Gasteiger partial charge is 0.390 e. The van der Waals surface area contributed by atoms with Gasteiger partial charge in [0.15, 0.2) is 6.17 Å². The highest BCUT2D eigenvalue weighted by atomic mass is 35.5. The molecule has 0 radical (unpaired) electrons. The van der Waals surface area contributed by atoms with E-state index in [1.54, 1.807) is 0 Å². The zero-order valence-corrected chi connectivity index (χ0v) is 9.17. The summed E-state index contributed by atoms with van der Waals surface area (Å²) in [7, 11) is 0. The molecule has 1 aromatic rings. The molecule has 1 fully saturated rings. The minimum absolute atomic E-state index is 0.0612. The maximum absolute atomic E-state index is 13.7. The number of rotatable bonds is 3. The summed E-state index contributed by atoms with van der Waals surface area (Å²) < 4.78 is 18.8. The number of H-pyrrole nitrogens is 1. The second kappa shape index (κ2) is 4.55. The molecule has 94 valence electrons. The quantitative estimate of drug-likeness (QED) is 0.476. The Morgan fingerprint density at radius 1 is 1.76 bits per heavy atom. The average Bonchev–Trinajstić information content (AvgIpc) is 2.87. The number of ether oxygens (including phenoxy) is 1. The number of nitro groups is 1. The van der Waals surface area contributed by atoms with Crippen LogP contribution in [0.5, 0.6) is 0 Å². The molecule has 0 aromatic carbocycles. The normalized spacial score (nSPS) is 32.9. The zero-order valence-electron chi connectivity index (χ0n) is 8.42. The Morgan fingerprint density at radius 2 is 2.47 bits per heavy atom. The van der Waals surface area contributed by atoms with Gasteiger partial charge < -0.3 is 20.0 Å². The number of aliphatic hydroxyl groups excluding tert-OH is 1. The summed E-state index contributed by atoms with van der Waals surface area (Å²) in [5.41, 5.74) is 0.107. The number of nitrogens with zero attached hydrogens (tertiary/aromatic N) is 2. The molecular formula is C8H9ClFN3O4. The third-order valence-electron chi connectivity index (χ3n) is 2.53. The highest BCUT2D eigenvalue weighted by Gasteiger charge is 2.46. The van der Waals surface area contributed by atoms with Crippen molar-refractivity contribution in [1.29, 1.82) is 0 Å². The van der Waals surface area contributed by atoms with Gasteiger partial charge in [-0.2, -0.15) is 0 Å². The molecule has 1 aliphatic rings. The molecule has 0 unspecified atom stereocenters. The Labute approximate surface area is 99.7 Å². The van der Waals surface area contributed by atoms with Gasteiger partial charge in [-0.15, -0.1) is 11.6 Å². The Hall–Kier alpha value is -1.25. The van der Waals surface area contributed by atoms with Gasteiger partial charge in [-0.25, -0.2) is 9.37 Å².